The van der Waals surface area contributed by atoms with Crippen molar-refractivity contribution < 1.29 is 0 Å². The Morgan fingerprint density at radius 3 is 2.59 bits per heavy atom. The van der Waals surface area contributed by atoms with Crippen molar-refractivity contribution in [2.24, 2.45) is 17.8 Å². The number of hydrogen-bond donors (Lipinski definition) is 0. The molecule has 3 unspecified atom stereocenters. The van der Waals surface area contributed by atoms with Gasteiger partial charge in [-0.05, 0) is 36.1 Å². The maximum atomic E-state index is 3.56. The lowest BCUT2D eigenvalue weighted by Crippen LogP contribution is -2.49. The topological polar surface area (TPSA) is 3.24 Å². The quantitative estimate of drug-likeness (QED) is 0.518. The fourth-order valence-electron chi connectivity index (χ4n) is 4.69. The predicted molar refractivity (Wildman–Crippen MR) is 119 cm³/mol. The molecule has 0 spiro atoms. The van der Waals surface area contributed by atoms with E-state index in [-0.39, 0.29) is 0 Å². The average molecular weight is 422 g/mol. The van der Waals surface area contributed by atoms with Crippen LogP contribution in [0, 0.1) is 17.8 Å². The summed E-state index contributed by atoms with van der Waals surface area (Å²) < 4.78 is 1.13. The Bertz CT molecular complexity index is 824. The predicted octanol–water partition coefficient (Wildman–Crippen LogP) is 6.77. The highest BCUT2D eigenvalue weighted by Crippen LogP contribution is 2.47. The molecule has 2 heteroatoms. The molecule has 0 amide bonds. The Balaban J connectivity index is 1.79. The van der Waals surface area contributed by atoms with E-state index in [9.17, 15) is 0 Å². The zero-order valence-corrected chi connectivity index (χ0v) is 17.8. The van der Waals surface area contributed by atoms with Crippen molar-refractivity contribution in [1.29, 1.82) is 0 Å². The highest BCUT2D eigenvalue weighted by atomic mass is 79.9. The average Bonchev–Trinajstić information content (AvgIpc) is 2.69. The van der Waals surface area contributed by atoms with Gasteiger partial charge in [0.05, 0.1) is 6.04 Å². The molecule has 1 aliphatic heterocycles. The second-order valence-corrected chi connectivity index (χ2v) is 8.76. The first-order valence-electron chi connectivity index (χ1n) is 10.2. The number of allylic oxidation sites excluding steroid dienone is 6. The van der Waals surface area contributed by atoms with Crippen LogP contribution in [0.25, 0.3) is 6.08 Å². The Morgan fingerprint density at radius 2 is 1.81 bits per heavy atom. The molecule has 1 saturated heterocycles. The van der Waals surface area contributed by atoms with E-state index in [0.29, 0.717) is 23.8 Å². The molecule has 4 atom stereocenters. The standard InChI is InChI=1S/C25H28BrN/c1-3-4-16-27-23-10-6-5-9-21(23)22(17-19-12-14-20(26)15-13-19)25-18(2)8-7-11-24(25)27/h5-15,17-18,21,23,25H,3-4,16H2,1-2H3/b22-17-/t18-,21?,23?,25?/m1/s1. The lowest BCUT2D eigenvalue weighted by atomic mass is 9.68. The van der Waals surface area contributed by atoms with Crippen molar-refractivity contribution in [2.45, 2.75) is 32.7 Å². The van der Waals surface area contributed by atoms with Gasteiger partial charge in [0.15, 0.2) is 0 Å². The smallest absolute Gasteiger partial charge is 0.0573 e. The zero-order chi connectivity index (χ0) is 18.8. The van der Waals surface area contributed by atoms with E-state index in [0.717, 1.165) is 11.0 Å². The molecule has 2 aliphatic carbocycles. The normalized spacial score (nSPS) is 30.3. The first-order chi connectivity index (χ1) is 13.2. The number of halogens is 1. The number of rotatable bonds is 4. The van der Waals surface area contributed by atoms with E-state index in [1.165, 1.54) is 24.1 Å². The van der Waals surface area contributed by atoms with Crippen LogP contribution in [0.15, 0.2) is 82.5 Å². The SMILES string of the molecule is CCCCN1C2=CC=C[C@@H](C)C2/C(=C\c2ccc(Br)cc2)C2C=CC=CC21. The van der Waals surface area contributed by atoms with Crippen molar-refractivity contribution >= 4 is 22.0 Å². The molecule has 0 aromatic heterocycles. The lowest BCUT2D eigenvalue weighted by molar-refractivity contribution is 0.184. The summed E-state index contributed by atoms with van der Waals surface area (Å²) in [7, 11) is 0. The summed E-state index contributed by atoms with van der Waals surface area (Å²) in [6, 6.07) is 9.13. The van der Waals surface area contributed by atoms with Gasteiger partial charge in [-0.15, -0.1) is 0 Å². The van der Waals surface area contributed by atoms with Crippen LogP contribution in [0.2, 0.25) is 0 Å². The van der Waals surface area contributed by atoms with Gasteiger partial charge < -0.3 is 4.90 Å². The molecular formula is C25H28BrN. The Morgan fingerprint density at radius 1 is 1.04 bits per heavy atom. The molecule has 1 heterocycles. The third-order valence-electron chi connectivity index (χ3n) is 6.02. The van der Waals surface area contributed by atoms with Crippen LogP contribution in [-0.4, -0.2) is 17.5 Å². The molecule has 1 fully saturated rings. The van der Waals surface area contributed by atoms with E-state index in [1.54, 1.807) is 5.57 Å². The fraction of sp³-hybridized carbons (Fsp3) is 0.360. The van der Waals surface area contributed by atoms with Crippen molar-refractivity contribution in [1.82, 2.24) is 4.90 Å². The number of benzene rings is 1. The van der Waals surface area contributed by atoms with Crippen LogP contribution >= 0.6 is 15.9 Å². The molecule has 140 valence electrons. The summed E-state index contributed by atoms with van der Waals surface area (Å²) in [4.78, 5) is 2.68. The molecule has 4 rings (SSSR count). The highest BCUT2D eigenvalue weighted by Gasteiger charge is 2.42. The maximum absolute atomic E-state index is 3.56. The maximum Gasteiger partial charge on any atom is 0.0573 e. The van der Waals surface area contributed by atoms with Gasteiger partial charge in [-0.25, -0.2) is 0 Å². The summed E-state index contributed by atoms with van der Waals surface area (Å²) in [5, 5.41) is 0. The van der Waals surface area contributed by atoms with Gasteiger partial charge in [0, 0.05) is 28.6 Å². The van der Waals surface area contributed by atoms with Gasteiger partial charge >= 0.3 is 0 Å². The third kappa shape index (κ3) is 3.65. The minimum atomic E-state index is 0.435. The van der Waals surface area contributed by atoms with Crippen molar-refractivity contribution in [2.75, 3.05) is 6.54 Å². The molecule has 1 aromatic rings. The molecule has 0 N–H and O–H groups in total. The largest absolute Gasteiger partial charge is 0.367 e. The van der Waals surface area contributed by atoms with Gasteiger partial charge in [-0.1, -0.05) is 96.4 Å². The Labute approximate surface area is 172 Å². The molecule has 27 heavy (non-hydrogen) atoms. The fourth-order valence-corrected chi connectivity index (χ4v) is 4.95. The van der Waals surface area contributed by atoms with Gasteiger partial charge in [0.1, 0.15) is 0 Å². The molecule has 1 nitrogen and oxygen atoms in total. The van der Waals surface area contributed by atoms with Crippen molar-refractivity contribution in [3.8, 4) is 0 Å². The molecule has 3 aliphatic rings. The second-order valence-electron chi connectivity index (χ2n) is 7.84. The molecule has 0 bridgehead atoms. The van der Waals surface area contributed by atoms with Gasteiger partial charge in [-0.2, -0.15) is 0 Å². The van der Waals surface area contributed by atoms with Crippen LogP contribution in [0.5, 0.6) is 0 Å². The monoisotopic (exact) mass is 421 g/mol. The number of likely N-dealkylation sites (tertiary alicyclic amines) is 1. The van der Waals surface area contributed by atoms with E-state index in [2.05, 4.69) is 108 Å². The molecular weight excluding hydrogens is 394 g/mol. The van der Waals surface area contributed by atoms with Crippen LogP contribution in [0.3, 0.4) is 0 Å². The molecule has 0 radical (unpaired) electrons. The van der Waals surface area contributed by atoms with E-state index in [1.807, 2.05) is 0 Å². The lowest BCUT2D eigenvalue weighted by Gasteiger charge is -2.50. The first kappa shape index (κ1) is 18.6. The number of unbranched alkanes of at least 4 members (excludes halogenated alkanes) is 1. The number of hydrogen-bond acceptors (Lipinski definition) is 1. The second kappa shape index (κ2) is 8.06. The van der Waals surface area contributed by atoms with Gasteiger partial charge in [0.25, 0.3) is 0 Å². The summed E-state index contributed by atoms with van der Waals surface area (Å²) in [5.41, 5.74) is 4.35. The van der Waals surface area contributed by atoms with Gasteiger partial charge in [0.2, 0.25) is 0 Å². The van der Waals surface area contributed by atoms with Crippen molar-refractivity contribution in [3.63, 3.8) is 0 Å². The van der Waals surface area contributed by atoms with Gasteiger partial charge in [-0.3, -0.25) is 0 Å². The number of piperidine rings is 1. The Kier molecular flexibility index (Phi) is 5.54. The minimum Gasteiger partial charge on any atom is -0.367 e. The Hall–Kier alpha value is -1.80. The number of fused-ring (bicyclic) bond motifs is 2. The van der Waals surface area contributed by atoms with Crippen LogP contribution in [0.4, 0.5) is 0 Å². The zero-order valence-electron chi connectivity index (χ0n) is 16.2. The summed E-state index contributed by atoms with van der Waals surface area (Å²) in [6.07, 6.45) is 21.2. The van der Waals surface area contributed by atoms with Crippen molar-refractivity contribution in [3.05, 3.63) is 88.1 Å². The number of nitrogens with zero attached hydrogens (tertiary/aromatic N) is 1. The van der Waals surface area contributed by atoms with Crippen LogP contribution in [-0.2, 0) is 0 Å². The van der Waals surface area contributed by atoms with E-state index < -0.39 is 0 Å². The van der Waals surface area contributed by atoms with Crippen LogP contribution < -0.4 is 0 Å². The third-order valence-corrected chi connectivity index (χ3v) is 6.55. The highest BCUT2D eigenvalue weighted by molar-refractivity contribution is 9.10. The molecule has 1 aromatic carbocycles. The first-order valence-corrected chi connectivity index (χ1v) is 11.0. The van der Waals surface area contributed by atoms with Crippen LogP contribution in [0.1, 0.15) is 32.3 Å². The van der Waals surface area contributed by atoms with E-state index >= 15 is 0 Å². The summed E-state index contributed by atoms with van der Waals surface area (Å²) in [6.45, 7) is 5.79. The summed E-state index contributed by atoms with van der Waals surface area (Å²) >= 11 is 3.56. The molecule has 0 saturated carbocycles. The van der Waals surface area contributed by atoms with E-state index in [4.69, 9.17) is 0 Å². The minimum absolute atomic E-state index is 0.435. The summed E-state index contributed by atoms with van der Waals surface area (Å²) in [5.74, 6) is 1.44.